The van der Waals surface area contributed by atoms with Gasteiger partial charge in [-0.3, -0.25) is 4.98 Å². The number of aromatic nitrogens is 1. The molecule has 0 aliphatic carbocycles. The van der Waals surface area contributed by atoms with Crippen LogP contribution in [0.4, 0.5) is 5.69 Å². The second-order valence-corrected chi connectivity index (χ2v) is 7.95. The predicted molar refractivity (Wildman–Crippen MR) is 82.0 cm³/mol. The van der Waals surface area contributed by atoms with Crippen LogP contribution in [0.2, 0.25) is 5.02 Å². The van der Waals surface area contributed by atoms with E-state index in [1.165, 1.54) is 25.1 Å². The van der Waals surface area contributed by atoms with Crippen molar-refractivity contribution in [2.75, 3.05) is 5.32 Å². The van der Waals surface area contributed by atoms with Gasteiger partial charge in [-0.05, 0) is 12.1 Å². The van der Waals surface area contributed by atoms with Crippen LogP contribution in [0.25, 0.3) is 0 Å². The van der Waals surface area contributed by atoms with Gasteiger partial charge in [0.05, 0.1) is 5.02 Å². The molecule has 0 saturated carbocycles. The number of rotatable bonds is 3. The number of nitrogens with zero attached hydrogens (tertiary/aromatic N) is 1. The Morgan fingerprint density at radius 1 is 1.32 bits per heavy atom. The summed E-state index contributed by atoms with van der Waals surface area (Å²) in [7, 11) is 0. The van der Waals surface area contributed by atoms with Gasteiger partial charge in [-0.25, -0.2) is 0 Å². The van der Waals surface area contributed by atoms with Crippen molar-refractivity contribution in [2.24, 2.45) is 0 Å². The van der Waals surface area contributed by atoms with Gasteiger partial charge in [-0.2, -0.15) is 0 Å². The van der Waals surface area contributed by atoms with Crippen molar-refractivity contribution in [1.29, 1.82) is 0 Å². The first-order valence-electron chi connectivity index (χ1n) is 5.95. The first-order valence-corrected chi connectivity index (χ1v) is 9.64. The molecule has 0 fully saturated rings. The van der Waals surface area contributed by atoms with Crippen molar-refractivity contribution >= 4 is 41.7 Å². The summed E-state index contributed by atoms with van der Waals surface area (Å²) in [4.78, 5) is 14.6. The van der Waals surface area contributed by atoms with Crippen molar-refractivity contribution in [1.82, 2.24) is 4.98 Å². The largest absolute Gasteiger partial charge is 0.263 e. The molecule has 1 heterocycles. The summed E-state index contributed by atoms with van der Waals surface area (Å²) in [6, 6.07) is 9.42. The number of benzene rings is 1. The third-order valence-electron chi connectivity index (χ3n) is 2.26. The molecule has 0 aliphatic rings. The second-order valence-electron chi connectivity index (χ2n) is 3.97. The maximum atomic E-state index is 11.4. The van der Waals surface area contributed by atoms with Crippen LogP contribution in [0, 0.1) is 0 Å². The summed E-state index contributed by atoms with van der Waals surface area (Å²) >= 11 is 0.553. The molecule has 0 bridgehead atoms. The number of amides is 1. The Bertz CT molecular complexity index is 668. The van der Waals surface area contributed by atoms with E-state index in [4.69, 9.17) is 16.9 Å². The summed E-state index contributed by atoms with van der Waals surface area (Å²) in [6.07, 6.45) is 3.29. The van der Waals surface area contributed by atoms with Crippen molar-refractivity contribution in [3.63, 3.8) is 0 Å². The van der Waals surface area contributed by atoms with Gasteiger partial charge < -0.3 is 0 Å². The topological polar surface area (TPSA) is 109 Å². The van der Waals surface area contributed by atoms with Gasteiger partial charge in [0.15, 0.2) is 0 Å². The van der Waals surface area contributed by atoms with E-state index in [2.05, 4.69) is 14.2 Å². The molecule has 118 valence electrons. The van der Waals surface area contributed by atoms with E-state index in [1.807, 2.05) is 0 Å². The Hall–Kier alpha value is -1.63. The Morgan fingerprint density at radius 3 is 2.45 bits per heavy atom. The van der Waals surface area contributed by atoms with Gasteiger partial charge in [0, 0.05) is 12.4 Å². The van der Waals surface area contributed by atoms with Crippen LogP contribution >= 0.6 is 11.6 Å². The standard InChI is InChI=1S/C8H10AsNO5.C5H4ClN/c1-6(11)10-8-5-3-2-4-7(8)9(12,13)15-14;6-5-2-1-3-7-4-5/h2-5,14H,1H3,(H,10,11)(H,12,13);1-4H. The van der Waals surface area contributed by atoms with Crippen LogP contribution in [-0.4, -0.2) is 34.4 Å². The summed E-state index contributed by atoms with van der Waals surface area (Å²) in [5, 5.41) is 11.4. The molecule has 9 heteroatoms. The van der Waals surface area contributed by atoms with Crippen molar-refractivity contribution in [3.05, 3.63) is 53.8 Å². The third-order valence-corrected chi connectivity index (χ3v) is 5.04. The minimum Gasteiger partial charge on any atom is -0.263 e. The second kappa shape index (κ2) is 8.72. The van der Waals surface area contributed by atoms with E-state index in [-0.39, 0.29) is 15.9 Å². The first-order chi connectivity index (χ1) is 10.4. The molecule has 0 aliphatic heterocycles. The van der Waals surface area contributed by atoms with E-state index in [1.54, 1.807) is 30.6 Å². The Labute approximate surface area is 134 Å². The molecule has 0 spiro atoms. The monoisotopic (exact) mass is 388 g/mol. The number of para-hydroxylation sites is 1. The molecule has 1 aromatic carbocycles. The maximum absolute atomic E-state index is 11.4. The number of hydrogen-bond donors (Lipinski definition) is 3. The molecule has 1 atom stereocenters. The Kier molecular flexibility index (Phi) is 7.30. The summed E-state index contributed by atoms with van der Waals surface area (Å²) in [5.41, 5.74) is 0.157. The average Bonchev–Trinajstić information content (AvgIpc) is 2.48. The zero-order valence-electron chi connectivity index (χ0n) is 11.5. The number of carbonyl (C=O) groups excluding carboxylic acids is 1. The van der Waals surface area contributed by atoms with E-state index in [9.17, 15) is 12.6 Å². The number of halogens is 1. The van der Waals surface area contributed by atoms with Crippen LogP contribution in [0.1, 0.15) is 6.92 Å². The fraction of sp³-hybridized carbons (Fsp3) is 0.0769. The summed E-state index contributed by atoms with van der Waals surface area (Å²) in [6.45, 7) is 1.27. The predicted octanol–water partition coefficient (Wildman–Crippen LogP) is 1.44. The minimum absolute atomic E-state index is 0.103. The van der Waals surface area contributed by atoms with Crippen molar-refractivity contribution in [2.45, 2.75) is 6.92 Å². The molecular weight excluding hydrogens is 375 g/mol. The molecule has 3 N–H and O–H groups in total. The molecule has 1 unspecified atom stereocenters. The zero-order valence-corrected chi connectivity index (χ0v) is 14.1. The Morgan fingerprint density at radius 2 is 2.00 bits per heavy atom. The minimum atomic E-state index is -4.92. The number of carbonyl (C=O) groups is 1. The normalized spacial score (nSPS) is 12.5. The van der Waals surface area contributed by atoms with E-state index >= 15 is 0 Å². The number of hydrogen-bond acceptors (Lipinski definition) is 5. The quantitative estimate of drug-likeness (QED) is 0.417. The fourth-order valence-corrected chi connectivity index (χ4v) is 3.20. The maximum Gasteiger partial charge on any atom is 0.0589 e. The molecule has 1 amide bonds. The van der Waals surface area contributed by atoms with Crippen LogP contribution in [0.3, 0.4) is 0 Å². The number of nitrogens with one attached hydrogen (secondary N) is 1. The summed E-state index contributed by atoms with van der Waals surface area (Å²) < 4.78 is 24.1. The van der Waals surface area contributed by atoms with Gasteiger partial charge in [0.2, 0.25) is 0 Å². The SMILES string of the molecule is CC(=O)Nc1ccccc1[As](=O)(O)OO.Clc1cccnc1. The zero-order chi connectivity index (χ0) is 16.6. The van der Waals surface area contributed by atoms with E-state index < -0.39 is 14.2 Å². The first kappa shape index (κ1) is 18.4. The van der Waals surface area contributed by atoms with Gasteiger partial charge >= 0.3 is 88.4 Å². The van der Waals surface area contributed by atoms with Gasteiger partial charge in [-0.1, -0.05) is 11.6 Å². The molecule has 1 aromatic heterocycles. The summed E-state index contributed by atoms with van der Waals surface area (Å²) in [5.74, 6) is -0.379. The van der Waals surface area contributed by atoms with Gasteiger partial charge in [0.25, 0.3) is 0 Å². The molecular formula is C13H14AsClN2O5. The van der Waals surface area contributed by atoms with E-state index in [0.717, 1.165) is 0 Å². The van der Waals surface area contributed by atoms with Crippen LogP contribution in [0.5, 0.6) is 0 Å². The van der Waals surface area contributed by atoms with Crippen molar-refractivity contribution in [3.8, 4) is 0 Å². The number of pyridine rings is 1. The smallest absolute Gasteiger partial charge is 0.0589 e. The fourth-order valence-electron chi connectivity index (χ4n) is 1.40. The van der Waals surface area contributed by atoms with Gasteiger partial charge in [-0.15, -0.1) is 0 Å². The molecule has 2 aromatic rings. The van der Waals surface area contributed by atoms with Crippen LogP contribution in [-0.2, 0) is 12.4 Å². The van der Waals surface area contributed by atoms with Crippen LogP contribution < -0.4 is 9.67 Å². The molecule has 7 nitrogen and oxygen atoms in total. The van der Waals surface area contributed by atoms with Crippen LogP contribution in [0.15, 0.2) is 48.8 Å². The number of anilines is 1. The molecule has 0 radical (unpaired) electrons. The van der Waals surface area contributed by atoms with Gasteiger partial charge in [0.1, 0.15) is 0 Å². The molecule has 2 rings (SSSR count). The Balaban J connectivity index is 0.000000287. The average molecular weight is 389 g/mol. The molecule has 22 heavy (non-hydrogen) atoms. The van der Waals surface area contributed by atoms with E-state index in [0.29, 0.717) is 5.02 Å². The van der Waals surface area contributed by atoms with Crippen molar-refractivity contribution < 1.29 is 21.8 Å². The molecule has 0 saturated heterocycles. The third kappa shape index (κ3) is 6.01.